The highest BCUT2D eigenvalue weighted by atomic mass is 127. The third kappa shape index (κ3) is 5.30. The highest BCUT2D eigenvalue weighted by Gasteiger charge is 2.21. The third-order valence-corrected chi connectivity index (χ3v) is 3.82. The SMILES string of the molecule is CN=C(NCC1CC1)NC(C)c1ccc(Cl)cc1Cl.I. The van der Waals surface area contributed by atoms with Crippen molar-refractivity contribution in [2.24, 2.45) is 10.9 Å². The zero-order valence-corrected chi connectivity index (χ0v) is 15.5. The molecule has 0 amide bonds. The van der Waals surface area contributed by atoms with Gasteiger partial charge in [-0.15, -0.1) is 24.0 Å². The molecule has 0 heterocycles. The largest absolute Gasteiger partial charge is 0.356 e. The number of halogens is 3. The molecule has 1 fully saturated rings. The van der Waals surface area contributed by atoms with E-state index in [-0.39, 0.29) is 30.0 Å². The van der Waals surface area contributed by atoms with Gasteiger partial charge in [-0.3, -0.25) is 4.99 Å². The second kappa shape index (κ2) is 8.29. The lowest BCUT2D eigenvalue weighted by Crippen LogP contribution is -2.39. The van der Waals surface area contributed by atoms with Crippen LogP contribution in [0.25, 0.3) is 0 Å². The summed E-state index contributed by atoms with van der Waals surface area (Å²) in [5, 5.41) is 7.99. The van der Waals surface area contributed by atoms with Crippen LogP contribution in [0, 0.1) is 5.92 Å². The summed E-state index contributed by atoms with van der Waals surface area (Å²) in [6.45, 7) is 3.04. The molecule has 0 radical (unpaired) electrons. The Bertz CT molecular complexity index is 475. The fourth-order valence-electron chi connectivity index (χ4n) is 1.89. The van der Waals surface area contributed by atoms with E-state index in [2.05, 4.69) is 22.5 Å². The molecule has 0 spiro atoms. The lowest BCUT2D eigenvalue weighted by atomic mass is 10.1. The molecule has 2 N–H and O–H groups in total. The van der Waals surface area contributed by atoms with Crippen LogP contribution in [-0.4, -0.2) is 19.6 Å². The molecule has 0 saturated heterocycles. The molecule has 1 atom stereocenters. The average molecular weight is 428 g/mol. The van der Waals surface area contributed by atoms with Gasteiger partial charge in [0.15, 0.2) is 5.96 Å². The number of benzene rings is 1. The van der Waals surface area contributed by atoms with Gasteiger partial charge in [0, 0.05) is 23.6 Å². The van der Waals surface area contributed by atoms with E-state index >= 15 is 0 Å². The molecule has 0 aromatic heterocycles. The average Bonchev–Trinajstić information content (AvgIpc) is 3.18. The van der Waals surface area contributed by atoms with Crippen molar-refractivity contribution >= 4 is 53.1 Å². The Morgan fingerprint density at radius 3 is 2.65 bits per heavy atom. The van der Waals surface area contributed by atoms with Gasteiger partial charge < -0.3 is 10.6 Å². The van der Waals surface area contributed by atoms with Crippen LogP contribution in [0.2, 0.25) is 10.0 Å². The van der Waals surface area contributed by atoms with E-state index in [0.717, 1.165) is 24.0 Å². The molecule has 2 rings (SSSR count). The summed E-state index contributed by atoms with van der Waals surface area (Å²) in [7, 11) is 1.78. The number of nitrogens with zero attached hydrogens (tertiary/aromatic N) is 1. The van der Waals surface area contributed by atoms with Crippen molar-refractivity contribution < 1.29 is 0 Å². The summed E-state index contributed by atoms with van der Waals surface area (Å²) in [5.74, 6) is 1.62. The molecular formula is C14H20Cl2IN3. The standard InChI is InChI=1S/C14H19Cl2N3.HI/c1-9(12-6-5-11(15)7-13(12)16)19-14(17-2)18-8-10-3-4-10;/h5-7,9-10H,3-4,8H2,1-2H3,(H2,17,18,19);1H. The summed E-state index contributed by atoms with van der Waals surface area (Å²) in [5.41, 5.74) is 1.01. The normalized spacial score (nSPS) is 16.3. The predicted molar refractivity (Wildman–Crippen MR) is 97.5 cm³/mol. The van der Waals surface area contributed by atoms with E-state index in [1.54, 1.807) is 13.1 Å². The molecule has 1 aliphatic rings. The lowest BCUT2D eigenvalue weighted by molar-refractivity contribution is 0.671. The van der Waals surface area contributed by atoms with Crippen molar-refractivity contribution in [1.29, 1.82) is 0 Å². The van der Waals surface area contributed by atoms with Crippen LogP contribution in [-0.2, 0) is 0 Å². The zero-order chi connectivity index (χ0) is 13.8. The van der Waals surface area contributed by atoms with E-state index in [4.69, 9.17) is 23.2 Å². The highest BCUT2D eigenvalue weighted by Crippen LogP contribution is 2.28. The predicted octanol–water partition coefficient (Wildman–Crippen LogP) is 4.25. The molecule has 1 aromatic carbocycles. The van der Waals surface area contributed by atoms with Crippen LogP contribution in [0.3, 0.4) is 0 Å². The van der Waals surface area contributed by atoms with Crippen molar-refractivity contribution in [3.63, 3.8) is 0 Å². The Morgan fingerprint density at radius 2 is 2.10 bits per heavy atom. The first kappa shape index (κ1) is 17.9. The minimum Gasteiger partial charge on any atom is -0.356 e. The first-order valence-corrected chi connectivity index (χ1v) is 7.28. The first-order chi connectivity index (χ1) is 9.10. The van der Waals surface area contributed by atoms with E-state index in [9.17, 15) is 0 Å². The van der Waals surface area contributed by atoms with Crippen LogP contribution in [0.4, 0.5) is 0 Å². The topological polar surface area (TPSA) is 36.4 Å². The maximum Gasteiger partial charge on any atom is 0.191 e. The molecule has 3 nitrogen and oxygen atoms in total. The first-order valence-electron chi connectivity index (χ1n) is 6.52. The third-order valence-electron chi connectivity index (χ3n) is 3.26. The molecule has 20 heavy (non-hydrogen) atoms. The van der Waals surface area contributed by atoms with E-state index < -0.39 is 0 Å². The van der Waals surface area contributed by atoms with Crippen molar-refractivity contribution in [3.05, 3.63) is 33.8 Å². The maximum absolute atomic E-state index is 6.20. The fraction of sp³-hybridized carbons (Fsp3) is 0.500. The summed E-state index contributed by atoms with van der Waals surface area (Å²) in [6, 6.07) is 5.63. The highest BCUT2D eigenvalue weighted by molar-refractivity contribution is 14.0. The van der Waals surface area contributed by atoms with Crippen LogP contribution in [0.5, 0.6) is 0 Å². The van der Waals surface area contributed by atoms with Gasteiger partial charge in [0.1, 0.15) is 0 Å². The van der Waals surface area contributed by atoms with Crippen molar-refractivity contribution in [3.8, 4) is 0 Å². The van der Waals surface area contributed by atoms with Gasteiger partial charge in [-0.1, -0.05) is 29.3 Å². The Morgan fingerprint density at radius 1 is 1.40 bits per heavy atom. The molecule has 0 bridgehead atoms. The Kier molecular flexibility index (Phi) is 7.40. The van der Waals surface area contributed by atoms with Gasteiger partial charge in [0.05, 0.1) is 6.04 Å². The van der Waals surface area contributed by atoms with Gasteiger partial charge in [0.2, 0.25) is 0 Å². The summed E-state index contributed by atoms with van der Waals surface area (Å²) >= 11 is 12.1. The Balaban J connectivity index is 0.00000200. The molecule has 1 aliphatic carbocycles. The smallest absolute Gasteiger partial charge is 0.191 e. The lowest BCUT2D eigenvalue weighted by Gasteiger charge is -2.19. The van der Waals surface area contributed by atoms with E-state index in [1.807, 2.05) is 12.1 Å². The quantitative estimate of drug-likeness (QED) is 0.428. The number of hydrogen-bond donors (Lipinski definition) is 2. The number of guanidine groups is 1. The number of rotatable bonds is 4. The monoisotopic (exact) mass is 427 g/mol. The Hall–Kier alpha value is -0.200. The van der Waals surface area contributed by atoms with Crippen molar-refractivity contribution in [2.45, 2.75) is 25.8 Å². The molecule has 1 saturated carbocycles. The van der Waals surface area contributed by atoms with Gasteiger partial charge in [-0.05, 0) is 43.4 Å². The molecule has 112 valence electrons. The maximum atomic E-state index is 6.20. The fourth-order valence-corrected chi connectivity index (χ4v) is 2.47. The summed E-state index contributed by atoms with van der Waals surface area (Å²) in [4.78, 5) is 4.23. The molecular weight excluding hydrogens is 408 g/mol. The van der Waals surface area contributed by atoms with Gasteiger partial charge in [-0.2, -0.15) is 0 Å². The van der Waals surface area contributed by atoms with E-state index in [1.165, 1.54) is 12.8 Å². The molecule has 1 unspecified atom stereocenters. The Labute approximate surface area is 147 Å². The summed E-state index contributed by atoms with van der Waals surface area (Å²) in [6.07, 6.45) is 2.64. The minimum absolute atomic E-state index is 0. The van der Waals surface area contributed by atoms with E-state index in [0.29, 0.717) is 10.0 Å². The van der Waals surface area contributed by atoms with Crippen molar-refractivity contribution in [2.75, 3.05) is 13.6 Å². The second-order valence-corrected chi connectivity index (χ2v) is 5.77. The summed E-state index contributed by atoms with van der Waals surface area (Å²) < 4.78 is 0. The van der Waals surface area contributed by atoms with Crippen LogP contribution < -0.4 is 10.6 Å². The molecule has 6 heteroatoms. The van der Waals surface area contributed by atoms with Gasteiger partial charge in [0.25, 0.3) is 0 Å². The number of aliphatic imine (C=N–C) groups is 1. The number of nitrogens with one attached hydrogen (secondary N) is 2. The van der Waals surface area contributed by atoms with Gasteiger partial charge >= 0.3 is 0 Å². The minimum atomic E-state index is 0. The van der Waals surface area contributed by atoms with Crippen LogP contribution >= 0.6 is 47.2 Å². The van der Waals surface area contributed by atoms with Crippen molar-refractivity contribution in [1.82, 2.24) is 10.6 Å². The second-order valence-electron chi connectivity index (χ2n) is 4.93. The van der Waals surface area contributed by atoms with Crippen LogP contribution in [0.15, 0.2) is 23.2 Å². The van der Waals surface area contributed by atoms with Crippen LogP contribution in [0.1, 0.15) is 31.4 Å². The molecule has 0 aliphatic heterocycles. The van der Waals surface area contributed by atoms with Gasteiger partial charge in [-0.25, -0.2) is 0 Å². The zero-order valence-electron chi connectivity index (χ0n) is 11.6. The number of hydrogen-bond acceptors (Lipinski definition) is 1. The molecule has 1 aromatic rings.